The molecule has 0 aliphatic heterocycles. The molecule has 0 saturated carbocycles. The summed E-state index contributed by atoms with van der Waals surface area (Å²) in [5, 5.41) is 3.77. The van der Waals surface area contributed by atoms with Gasteiger partial charge in [-0.15, -0.1) is 11.3 Å². The predicted molar refractivity (Wildman–Crippen MR) is 108 cm³/mol. The summed E-state index contributed by atoms with van der Waals surface area (Å²) >= 11 is 4.80. The van der Waals surface area contributed by atoms with E-state index in [1.807, 2.05) is 25.1 Å². The number of hydrogen-bond acceptors (Lipinski definition) is 6. The van der Waals surface area contributed by atoms with Crippen molar-refractivity contribution in [1.29, 1.82) is 0 Å². The zero-order chi connectivity index (χ0) is 19.4. The van der Waals surface area contributed by atoms with Gasteiger partial charge in [0.1, 0.15) is 5.01 Å². The topological polar surface area (TPSA) is 73.6 Å². The van der Waals surface area contributed by atoms with E-state index < -0.39 is 0 Å². The molecule has 0 spiro atoms. The maximum Gasteiger partial charge on any atom is 0.287 e. The molecule has 1 aromatic carbocycles. The van der Waals surface area contributed by atoms with Crippen LogP contribution in [0.15, 0.2) is 39.4 Å². The van der Waals surface area contributed by atoms with Crippen molar-refractivity contribution in [3.05, 3.63) is 51.3 Å². The Balaban J connectivity index is 1.67. The van der Waals surface area contributed by atoms with Crippen molar-refractivity contribution in [2.45, 2.75) is 13.3 Å². The molecule has 0 atom stereocenters. The van der Waals surface area contributed by atoms with Crippen LogP contribution in [-0.4, -0.2) is 31.7 Å². The van der Waals surface area contributed by atoms with Gasteiger partial charge in [0, 0.05) is 23.4 Å². The van der Waals surface area contributed by atoms with E-state index >= 15 is 0 Å². The zero-order valence-electron chi connectivity index (χ0n) is 15.2. The maximum atomic E-state index is 12.0. The minimum Gasteiger partial charge on any atom is -0.493 e. The van der Waals surface area contributed by atoms with Gasteiger partial charge in [-0.25, -0.2) is 4.98 Å². The average molecular weight is 451 g/mol. The van der Waals surface area contributed by atoms with Gasteiger partial charge >= 0.3 is 0 Å². The molecule has 0 fully saturated rings. The molecular formula is C19H19BrN2O4S. The predicted octanol–water partition coefficient (Wildman–Crippen LogP) is 4.46. The summed E-state index contributed by atoms with van der Waals surface area (Å²) in [4.78, 5) is 17.8. The Morgan fingerprint density at radius 2 is 2.00 bits per heavy atom. The quantitative estimate of drug-likeness (QED) is 0.574. The smallest absolute Gasteiger partial charge is 0.287 e. The summed E-state index contributed by atoms with van der Waals surface area (Å²) in [6.07, 6.45) is 0.699. The first kappa shape index (κ1) is 19.4. The number of aryl methyl sites for hydroxylation is 1. The standard InChI is InChI=1S/C19H19BrN2O4S/c1-11-16(8-9-21-18(23)14-6-7-17(20)26-14)27-19(22-11)12-4-5-13(24-2)15(10-12)25-3/h4-7,10H,8-9H2,1-3H3,(H,21,23). The SMILES string of the molecule is COc1ccc(-c2nc(C)c(CCNC(=O)c3ccc(Br)o3)s2)cc1OC. The van der Waals surface area contributed by atoms with Gasteiger partial charge in [-0.2, -0.15) is 0 Å². The van der Waals surface area contributed by atoms with Gasteiger partial charge in [0.15, 0.2) is 21.9 Å². The average Bonchev–Trinajstić information content (AvgIpc) is 3.27. The van der Waals surface area contributed by atoms with Crippen molar-refractivity contribution in [3.8, 4) is 22.1 Å². The molecule has 0 unspecified atom stereocenters. The summed E-state index contributed by atoms with van der Waals surface area (Å²) in [7, 11) is 3.22. The normalized spacial score (nSPS) is 10.7. The van der Waals surface area contributed by atoms with Crippen molar-refractivity contribution in [2.75, 3.05) is 20.8 Å². The Labute approximate surface area is 169 Å². The number of nitrogens with one attached hydrogen (secondary N) is 1. The number of furan rings is 1. The molecule has 3 aromatic rings. The highest BCUT2D eigenvalue weighted by atomic mass is 79.9. The third kappa shape index (κ3) is 4.51. The van der Waals surface area contributed by atoms with Crippen molar-refractivity contribution in [2.24, 2.45) is 0 Å². The van der Waals surface area contributed by atoms with E-state index in [1.54, 1.807) is 37.7 Å². The molecule has 0 aliphatic rings. The fourth-order valence-electron chi connectivity index (χ4n) is 2.57. The first-order valence-electron chi connectivity index (χ1n) is 8.24. The third-order valence-electron chi connectivity index (χ3n) is 3.96. The summed E-state index contributed by atoms with van der Waals surface area (Å²) in [5.74, 6) is 1.40. The number of thiazole rings is 1. The number of amides is 1. The molecule has 0 bridgehead atoms. The van der Waals surface area contributed by atoms with Crippen LogP contribution >= 0.6 is 27.3 Å². The van der Waals surface area contributed by atoms with Crippen LogP contribution in [0.2, 0.25) is 0 Å². The van der Waals surface area contributed by atoms with Gasteiger partial charge in [0.2, 0.25) is 0 Å². The molecule has 142 valence electrons. The number of ether oxygens (including phenoxy) is 2. The molecule has 2 aromatic heterocycles. The second kappa shape index (κ2) is 8.58. The van der Waals surface area contributed by atoms with E-state index in [-0.39, 0.29) is 11.7 Å². The van der Waals surface area contributed by atoms with Crippen molar-refractivity contribution >= 4 is 33.2 Å². The largest absolute Gasteiger partial charge is 0.493 e. The number of carbonyl (C=O) groups excluding carboxylic acids is 1. The van der Waals surface area contributed by atoms with Gasteiger partial charge in [-0.05, 0) is 53.2 Å². The number of halogens is 1. The lowest BCUT2D eigenvalue weighted by Crippen LogP contribution is -2.25. The monoisotopic (exact) mass is 450 g/mol. The molecule has 1 N–H and O–H groups in total. The molecule has 2 heterocycles. The molecule has 27 heavy (non-hydrogen) atoms. The van der Waals surface area contributed by atoms with Crippen LogP contribution in [0.5, 0.6) is 11.5 Å². The Morgan fingerprint density at radius 1 is 1.22 bits per heavy atom. The Bertz CT molecular complexity index is 951. The Hall–Kier alpha value is -2.32. The molecule has 8 heteroatoms. The van der Waals surface area contributed by atoms with Gasteiger partial charge in [0.25, 0.3) is 5.91 Å². The molecule has 0 radical (unpaired) electrons. The van der Waals surface area contributed by atoms with Gasteiger partial charge in [-0.1, -0.05) is 0 Å². The van der Waals surface area contributed by atoms with Crippen LogP contribution in [0.3, 0.4) is 0 Å². The number of methoxy groups -OCH3 is 2. The molecule has 3 rings (SSSR count). The lowest BCUT2D eigenvalue weighted by atomic mass is 10.2. The second-order valence-corrected chi connectivity index (χ2v) is 7.57. The van der Waals surface area contributed by atoms with E-state index in [9.17, 15) is 4.79 Å². The number of rotatable bonds is 7. The van der Waals surface area contributed by atoms with Crippen LogP contribution in [0.1, 0.15) is 21.1 Å². The number of benzene rings is 1. The van der Waals surface area contributed by atoms with Crippen molar-refractivity contribution in [3.63, 3.8) is 0 Å². The van der Waals surface area contributed by atoms with E-state index in [0.717, 1.165) is 21.1 Å². The first-order chi connectivity index (χ1) is 13.0. The Morgan fingerprint density at radius 3 is 2.67 bits per heavy atom. The van der Waals surface area contributed by atoms with Gasteiger partial charge < -0.3 is 19.2 Å². The highest BCUT2D eigenvalue weighted by Gasteiger charge is 2.14. The third-order valence-corrected chi connectivity index (χ3v) is 5.65. The minimum absolute atomic E-state index is 0.233. The minimum atomic E-state index is -0.233. The van der Waals surface area contributed by atoms with E-state index in [0.29, 0.717) is 29.1 Å². The molecule has 6 nitrogen and oxygen atoms in total. The lowest BCUT2D eigenvalue weighted by Gasteiger charge is -2.08. The number of nitrogens with zero attached hydrogens (tertiary/aromatic N) is 1. The fourth-order valence-corrected chi connectivity index (χ4v) is 3.93. The summed E-state index contributed by atoms with van der Waals surface area (Å²) in [5.41, 5.74) is 1.93. The zero-order valence-corrected chi connectivity index (χ0v) is 17.6. The number of hydrogen-bond donors (Lipinski definition) is 1. The summed E-state index contributed by atoms with van der Waals surface area (Å²) < 4.78 is 16.4. The van der Waals surface area contributed by atoms with Crippen LogP contribution in [-0.2, 0) is 6.42 Å². The highest BCUT2D eigenvalue weighted by molar-refractivity contribution is 9.10. The number of aromatic nitrogens is 1. The van der Waals surface area contributed by atoms with Crippen molar-refractivity contribution < 1.29 is 18.7 Å². The number of carbonyl (C=O) groups is 1. The first-order valence-corrected chi connectivity index (χ1v) is 9.85. The van der Waals surface area contributed by atoms with Crippen molar-refractivity contribution in [1.82, 2.24) is 10.3 Å². The van der Waals surface area contributed by atoms with Crippen LogP contribution in [0.25, 0.3) is 10.6 Å². The van der Waals surface area contributed by atoms with E-state index in [4.69, 9.17) is 13.9 Å². The molecule has 0 aliphatic carbocycles. The Kier molecular flexibility index (Phi) is 6.18. The maximum absolute atomic E-state index is 12.0. The summed E-state index contributed by atoms with van der Waals surface area (Å²) in [6, 6.07) is 9.06. The molecule has 1 amide bonds. The van der Waals surface area contributed by atoms with E-state index in [1.165, 1.54) is 0 Å². The second-order valence-electron chi connectivity index (χ2n) is 5.71. The van der Waals surface area contributed by atoms with Gasteiger partial charge in [0.05, 0.1) is 19.9 Å². The highest BCUT2D eigenvalue weighted by Crippen LogP contribution is 2.35. The van der Waals surface area contributed by atoms with Gasteiger partial charge in [-0.3, -0.25) is 4.79 Å². The fraction of sp³-hybridized carbons (Fsp3) is 0.263. The van der Waals surface area contributed by atoms with Crippen LogP contribution < -0.4 is 14.8 Å². The lowest BCUT2D eigenvalue weighted by molar-refractivity contribution is 0.0925. The van der Waals surface area contributed by atoms with E-state index in [2.05, 4.69) is 26.2 Å². The van der Waals surface area contributed by atoms with Crippen LogP contribution in [0.4, 0.5) is 0 Å². The molecule has 0 saturated heterocycles. The molecular weight excluding hydrogens is 432 g/mol. The summed E-state index contributed by atoms with van der Waals surface area (Å²) in [6.45, 7) is 2.48. The van der Waals surface area contributed by atoms with Crippen LogP contribution in [0, 0.1) is 6.92 Å².